The van der Waals surface area contributed by atoms with E-state index in [0.717, 1.165) is 0 Å². The van der Waals surface area contributed by atoms with Gasteiger partial charge in [-0.15, -0.1) is 0 Å². The van der Waals surface area contributed by atoms with E-state index in [1.807, 2.05) is 0 Å². The molecule has 1 rings (SSSR count). The van der Waals surface area contributed by atoms with Crippen molar-refractivity contribution in [3.05, 3.63) is 0 Å². The van der Waals surface area contributed by atoms with Gasteiger partial charge in [-0.3, -0.25) is 4.79 Å². The van der Waals surface area contributed by atoms with Crippen molar-refractivity contribution in [3.63, 3.8) is 0 Å². The van der Waals surface area contributed by atoms with Gasteiger partial charge in [0.15, 0.2) is 11.9 Å². The first kappa shape index (κ1) is 12.5. The maximum Gasteiger partial charge on any atom is 0.401 e. The molecule has 0 unspecified atom stereocenters. The molecule has 0 aromatic carbocycles. The Hall–Kier alpha value is -0.580. The molecule has 1 aliphatic rings. The number of ketones is 1. The normalized spacial score (nSPS) is 31.4. The molecule has 0 bridgehead atoms. The molecular formula is C6H10O8S. The van der Waals surface area contributed by atoms with Crippen molar-refractivity contribution < 1.29 is 36.9 Å². The third-order valence-corrected chi connectivity index (χ3v) is 2.69. The molecule has 0 saturated carbocycles. The topological polar surface area (TPSA) is 130 Å². The van der Waals surface area contributed by atoms with Gasteiger partial charge in [-0.2, -0.15) is 8.42 Å². The van der Waals surface area contributed by atoms with E-state index >= 15 is 0 Å². The van der Waals surface area contributed by atoms with Crippen LogP contribution in [-0.4, -0.2) is 61.0 Å². The third kappa shape index (κ3) is 2.71. The molecular weight excluding hydrogens is 232 g/mol. The predicted octanol–water partition coefficient (Wildman–Crippen LogP) is -3.07. The van der Waals surface area contributed by atoms with Crippen molar-refractivity contribution in [1.29, 1.82) is 0 Å². The molecule has 0 radical (unpaired) electrons. The van der Waals surface area contributed by atoms with Gasteiger partial charge in [0, 0.05) is 0 Å². The number of Topliss-reactive ketones (excluding diaryl/α,β-unsaturated/α-hetero) is 1. The largest absolute Gasteiger partial charge is 0.401 e. The molecule has 88 valence electrons. The summed E-state index contributed by atoms with van der Waals surface area (Å²) in [6.45, 7) is -1.74. The summed E-state index contributed by atoms with van der Waals surface area (Å²) in [5.74, 6) is -0.950. The minimum Gasteiger partial charge on any atom is -0.394 e. The molecule has 3 N–H and O–H groups in total. The van der Waals surface area contributed by atoms with E-state index in [-0.39, 0.29) is 0 Å². The van der Waals surface area contributed by atoms with Gasteiger partial charge in [-0.1, -0.05) is 0 Å². The van der Waals surface area contributed by atoms with Crippen LogP contribution in [0, 0.1) is 0 Å². The van der Waals surface area contributed by atoms with Gasteiger partial charge >= 0.3 is 10.4 Å². The highest BCUT2D eigenvalue weighted by Gasteiger charge is 2.47. The molecule has 9 heteroatoms. The number of carbonyl (C=O) groups excluding carboxylic acids is 1. The maximum atomic E-state index is 11.0. The highest BCUT2D eigenvalue weighted by Crippen LogP contribution is 2.23. The lowest BCUT2D eigenvalue weighted by atomic mass is 10.1. The lowest BCUT2D eigenvalue weighted by Crippen LogP contribution is -2.42. The lowest BCUT2D eigenvalue weighted by molar-refractivity contribution is -0.132. The SMILES string of the molecule is O=C(CO)[C@H]1OS(=O)(=O)O[C@H]1[C@H](O)CO. The molecule has 1 heterocycles. The number of aliphatic hydroxyl groups excluding tert-OH is 3. The Balaban J connectivity index is 2.88. The Bertz CT molecular complexity index is 335. The summed E-state index contributed by atoms with van der Waals surface area (Å²) >= 11 is 0. The zero-order chi connectivity index (χ0) is 11.6. The van der Waals surface area contributed by atoms with Gasteiger partial charge in [-0.25, -0.2) is 8.37 Å². The second kappa shape index (κ2) is 4.51. The van der Waals surface area contributed by atoms with Gasteiger partial charge in [0.2, 0.25) is 0 Å². The molecule has 8 nitrogen and oxygen atoms in total. The van der Waals surface area contributed by atoms with Crippen LogP contribution in [0.25, 0.3) is 0 Å². The van der Waals surface area contributed by atoms with Crippen molar-refractivity contribution in [2.24, 2.45) is 0 Å². The van der Waals surface area contributed by atoms with Crippen molar-refractivity contribution in [2.75, 3.05) is 13.2 Å². The van der Waals surface area contributed by atoms with Crippen LogP contribution in [0.15, 0.2) is 0 Å². The van der Waals surface area contributed by atoms with Crippen LogP contribution in [-0.2, 0) is 23.6 Å². The van der Waals surface area contributed by atoms with E-state index in [9.17, 15) is 13.2 Å². The fraction of sp³-hybridized carbons (Fsp3) is 0.833. The van der Waals surface area contributed by atoms with Gasteiger partial charge in [0.25, 0.3) is 0 Å². The Labute approximate surface area is 85.4 Å². The zero-order valence-corrected chi connectivity index (χ0v) is 8.25. The fourth-order valence-electron chi connectivity index (χ4n) is 1.09. The van der Waals surface area contributed by atoms with Crippen molar-refractivity contribution >= 4 is 16.2 Å². The quantitative estimate of drug-likeness (QED) is 0.473. The minimum atomic E-state index is -4.36. The number of carbonyl (C=O) groups is 1. The van der Waals surface area contributed by atoms with Gasteiger partial charge in [0.1, 0.15) is 18.8 Å². The van der Waals surface area contributed by atoms with E-state index < -0.39 is 47.7 Å². The van der Waals surface area contributed by atoms with Crippen molar-refractivity contribution in [1.82, 2.24) is 0 Å². The van der Waals surface area contributed by atoms with Crippen molar-refractivity contribution in [2.45, 2.75) is 18.3 Å². The molecule has 0 aliphatic carbocycles. The number of hydrogen-bond acceptors (Lipinski definition) is 8. The lowest BCUT2D eigenvalue weighted by Gasteiger charge is -2.16. The summed E-state index contributed by atoms with van der Waals surface area (Å²) in [5, 5.41) is 26.2. The molecule has 0 spiro atoms. The molecule has 0 aromatic rings. The Kier molecular flexibility index (Phi) is 3.76. The van der Waals surface area contributed by atoms with Crippen LogP contribution in [0.1, 0.15) is 0 Å². The Morgan fingerprint density at radius 3 is 2.40 bits per heavy atom. The summed E-state index contributed by atoms with van der Waals surface area (Å²) in [6, 6.07) is 0. The molecule has 0 aromatic heterocycles. The Morgan fingerprint density at radius 2 is 1.93 bits per heavy atom. The highest BCUT2D eigenvalue weighted by atomic mass is 32.3. The zero-order valence-electron chi connectivity index (χ0n) is 7.44. The van der Waals surface area contributed by atoms with Crippen LogP contribution < -0.4 is 0 Å². The highest BCUT2D eigenvalue weighted by molar-refractivity contribution is 7.82. The van der Waals surface area contributed by atoms with E-state index in [1.54, 1.807) is 0 Å². The number of hydrogen-bond donors (Lipinski definition) is 3. The van der Waals surface area contributed by atoms with Gasteiger partial charge in [-0.05, 0) is 0 Å². The standard InChI is InChI=1S/C6H10O8S/c7-1-3(9)5-6(4(10)2-8)14-15(11,12)13-5/h3,5-9H,1-2H2/t3-,5+,6-/m1/s1. The molecule has 15 heavy (non-hydrogen) atoms. The van der Waals surface area contributed by atoms with Crippen LogP contribution in [0.3, 0.4) is 0 Å². The molecule has 3 atom stereocenters. The molecule has 1 saturated heterocycles. The van der Waals surface area contributed by atoms with E-state index in [2.05, 4.69) is 8.37 Å². The van der Waals surface area contributed by atoms with E-state index in [0.29, 0.717) is 0 Å². The Morgan fingerprint density at radius 1 is 1.33 bits per heavy atom. The first-order chi connectivity index (χ1) is 6.91. The second-order valence-electron chi connectivity index (χ2n) is 2.86. The average molecular weight is 242 g/mol. The van der Waals surface area contributed by atoms with Crippen LogP contribution in [0.4, 0.5) is 0 Å². The average Bonchev–Trinajstić information content (AvgIpc) is 2.52. The first-order valence-corrected chi connectivity index (χ1v) is 5.28. The van der Waals surface area contributed by atoms with Crippen LogP contribution in [0.2, 0.25) is 0 Å². The van der Waals surface area contributed by atoms with Crippen molar-refractivity contribution in [3.8, 4) is 0 Å². The summed E-state index contributed by atoms with van der Waals surface area (Å²) in [4.78, 5) is 11.0. The molecule has 1 aliphatic heterocycles. The summed E-state index contributed by atoms with van der Waals surface area (Å²) < 4.78 is 30.1. The van der Waals surface area contributed by atoms with E-state index in [1.165, 1.54) is 0 Å². The van der Waals surface area contributed by atoms with Crippen LogP contribution >= 0.6 is 0 Å². The second-order valence-corrected chi connectivity index (χ2v) is 4.06. The predicted molar refractivity (Wildman–Crippen MR) is 43.9 cm³/mol. The van der Waals surface area contributed by atoms with Gasteiger partial charge < -0.3 is 15.3 Å². The summed E-state index contributed by atoms with van der Waals surface area (Å²) in [6.07, 6.45) is -4.73. The number of aliphatic hydroxyl groups is 3. The first-order valence-electron chi connectivity index (χ1n) is 3.95. The molecule has 0 amide bonds. The fourth-order valence-corrected chi connectivity index (χ4v) is 2.11. The van der Waals surface area contributed by atoms with Gasteiger partial charge in [0.05, 0.1) is 6.61 Å². The maximum absolute atomic E-state index is 11.0. The van der Waals surface area contributed by atoms with Crippen LogP contribution in [0.5, 0.6) is 0 Å². The third-order valence-electron chi connectivity index (χ3n) is 1.79. The summed E-state index contributed by atoms with van der Waals surface area (Å²) in [7, 11) is -4.36. The van der Waals surface area contributed by atoms with E-state index in [4.69, 9.17) is 15.3 Å². The smallest absolute Gasteiger partial charge is 0.394 e. The number of rotatable bonds is 4. The monoisotopic (exact) mass is 242 g/mol. The summed E-state index contributed by atoms with van der Waals surface area (Å²) in [5.41, 5.74) is 0. The molecule has 1 fully saturated rings. The minimum absolute atomic E-state index is 0.793.